The summed E-state index contributed by atoms with van der Waals surface area (Å²) >= 11 is 3.35. The minimum atomic E-state index is 0.225. The first kappa shape index (κ1) is 9.07. The number of hydrogen-bond acceptors (Lipinski definition) is 1. The van der Waals surface area contributed by atoms with Gasteiger partial charge in [0.2, 0.25) is 0 Å². The molecule has 0 heterocycles. The topological polar surface area (TPSA) is 20.2 Å². The number of benzene rings is 1. The van der Waals surface area contributed by atoms with Gasteiger partial charge >= 0.3 is 0 Å². The number of halogens is 1. The first-order valence-corrected chi connectivity index (χ1v) is 4.26. The SMILES string of the molecule is C=Cc1c(O)ccc(Br)c1C=C. The molecule has 0 saturated heterocycles. The van der Waals surface area contributed by atoms with E-state index in [2.05, 4.69) is 29.1 Å². The highest BCUT2D eigenvalue weighted by atomic mass is 79.9. The third kappa shape index (κ3) is 1.43. The second-order valence-electron chi connectivity index (χ2n) is 2.30. The zero-order chi connectivity index (χ0) is 9.14. The van der Waals surface area contributed by atoms with Gasteiger partial charge in [-0.1, -0.05) is 41.2 Å². The van der Waals surface area contributed by atoms with Crippen LogP contribution in [0.4, 0.5) is 0 Å². The van der Waals surface area contributed by atoms with Gasteiger partial charge in [-0.05, 0) is 17.7 Å². The van der Waals surface area contributed by atoms with Crippen LogP contribution in [0.2, 0.25) is 0 Å². The monoisotopic (exact) mass is 224 g/mol. The maximum Gasteiger partial charge on any atom is 0.123 e. The fourth-order valence-corrected chi connectivity index (χ4v) is 1.53. The predicted molar refractivity (Wildman–Crippen MR) is 56.0 cm³/mol. The molecule has 1 nitrogen and oxygen atoms in total. The van der Waals surface area contributed by atoms with Crippen LogP contribution in [0, 0.1) is 0 Å². The maximum absolute atomic E-state index is 9.41. The van der Waals surface area contributed by atoms with Gasteiger partial charge in [0, 0.05) is 10.0 Å². The highest BCUT2D eigenvalue weighted by Gasteiger charge is 2.04. The molecule has 2 heteroatoms. The van der Waals surface area contributed by atoms with Crippen molar-refractivity contribution in [2.75, 3.05) is 0 Å². The summed E-state index contributed by atoms with van der Waals surface area (Å²) in [5.41, 5.74) is 1.57. The van der Waals surface area contributed by atoms with Crippen LogP contribution in [0.3, 0.4) is 0 Å². The average Bonchev–Trinajstić information content (AvgIpc) is 2.08. The molecule has 0 saturated carbocycles. The Bertz CT molecular complexity index is 296. The Morgan fingerprint density at radius 3 is 2.17 bits per heavy atom. The van der Waals surface area contributed by atoms with E-state index in [4.69, 9.17) is 0 Å². The number of phenols is 1. The van der Waals surface area contributed by atoms with Crippen LogP contribution in [0.1, 0.15) is 11.1 Å². The van der Waals surface area contributed by atoms with Gasteiger partial charge in [-0.15, -0.1) is 0 Å². The van der Waals surface area contributed by atoms with E-state index in [0.29, 0.717) is 5.56 Å². The van der Waals surface area contributed by atoms with Crippen molar-refractivity contribution in [3.63, 3.8) is 0 Å². The number of rotatable bonds is 2. The lowest BCUT2D eigenvalue weighted by molar-refractivity contribution is 0.474. The zero-order valence-electron chi connectivity index (χ0n) is 6.55. The van der Waals surface area contributed by atoms with Crippen molar-refractivity contribution in [3.8, 4) is 5.75 Å². The Morgan fingerprint density at radius 2 is 1.75 bits per heavy atom. The molecule has 0 aliphatic rings. The summed E-state index contributed by atoms with van der Waals surface area (Å²) in [5.74, 6) is 0.225. The Hall–Kier alpha value is -1.02. The van der Waals surface area contributed by atoms with Gasteiger partial charge in [-0.3, -0.25) is 0 Å². The van der Waals surface area contributed by atoms with E-state index < -0.39 is 0 Å². The van der Waals surface area contributed by atoms with Gasteiger partial charge in [-0.25, -0.2) is 0 Å². The van der Waals surface area contributed by atoms with Crippen LogP contribution < -0.4 is 0 Å². The second kappa shape index (κ2) is 3.59. The molecule has 1 aromatic rings. The first-order valence-electron chi connectivity index (χ1n) is 3.47. The van der Waals surface area contributed by atoms with E-state index in [-0.39, 0.29) is 5.75 Å². The summed E-state index contributed by atoms with van der Waals surface area (Å²) in [4.78, 5) is 0. The molecular formula is C10H9BrO. The summed E-state index contributed by atoms with van der Waals surface area (Å²) in [5, 5.41) is 9.41. The lowest BCUT2D eigenvalue weighted by Gasteiger charge is -2.05. The molecule has 0 aliphatic heterocycles. The van der Waals surface area contributed by atoms with Crippen molar-refractivity contribution in [2.24, 2.45) is 0 Å². The molecule has 1 aromatic carbocycles. The van der Waals surface area contributed by atoms with Crippen molar-refractivity contribution in [1.82, 2.24) is 0 Å². The van der Waals surface area contributed by atoms with Crippen LogP contribution in [0.5, 0.6) is 5.75 Å². The van der Waals surface area contributed by atoms with Gasteiger partial charge in [0.25, 0.3) is 0 Å². The third-order valence-corrected chi connectivity index (χ3v) is 2.31. The smallest absolute Gasteiger partial charge is 0.123 e. The summed E-state index contributed by atoms with van der Waals surface area (Å²) in [6, 6.07) is 3.40. The second-order valence-corrected chi connectivity index (χ2v) is 3.16. The summed E-state index contributed by atoms with van der Waals surface area (Å²) in [7, 11) is 0. The van der Waals surface area contributed by atoms with Crippen molar-refractivity contribution < 1.29 is 5.11 Å². The minimum absolute atomic E-state index is 0.225. The molecule has 0 radical (unpaired) electrons. The van der Waals surface area contributed by atoms with Gasteiger partial charge in [0.1, 0.15) is 5.75 Å². The molecule has 1 N–H and O–H groups in total. The van der Waals surface area contributed by atoms with Crippen molar-refractivity contribution in [3.05, 3.63) is 40.9 Å². The summed E-state index contributed by atoms with van der Waals surface area (Å²) in [6.45, 7) is 7.27. The highest BCUT2D eigenvalue weighted by Crippen LogP contribution is 2.29. The van der Waals surface area contributed by atoms with Crippen molar-refractivity contribution >= 4 is 28.1 Å². The Morgan fingerprint density at radius 1 is 1.17 bits per heavy atom. The average molecular weight is 225 g/mol. The molecule has 1 rings (SSSR count). The molecule has 0 atom stereocenters. The van der Waals surface area contributed by atoms with Gasteiger partial charge < -0.3 is 5.11 Å². The maximum atomic E-state index is 9.41. The van der Waals surface area contributed by atoms with Crippen LogP contribution in [0.25, 0.3) is 12.2 Å². The third-order valence-electron chi connectivity index (χ3n) is 1.62. The number of hydrogen-bond donors (Lipinski definition) is 1. The summed E-state index contributed by atoms with van der Waals surface area (Å²) in [6.07, 6.45) is 3.29. The number of aromatic hydroxyl groups is 1. The van der Waals surface area contributed by atoms with E-state index in [1.165, 1.54) is 0 Å². The molecule has 0 fully saturated rings. The van der Waals surface area contributed by atoms with Crippen molar-refractivity contribution in [1.29, 1.82) is 0 Å². The largest absolute Gasteiger partial charge is 0.507 e. The molecule has 62 valence electrons. The zero-order valence-corrected chi connectivity index (χ0v) is 8.13. The molecule has 0 amide bonds. The first-order chi connectivity index (χ1) is 5.70. The number of phenolic OH excluding ortho intramolecular Hbond substituents is 1. The lowest BCUT2D eigenvalue weighted by Crippen LogP contribution is -1.82. The van der Waals surface area contributed by atoms with Gasteiger partial charge in [0.15, 0.2) is 0 Å². The van der Waals surface area contributed by atoms with E-state index in [9.17, 15) is 5.11 Å². The Balaban J connectivity index is 3.48. The van der Waals surface area contributed by atoms with Crippen LogP contribution in [-0.2, 0) is 0 Å². The van der Waals surface area contributed by atoms with Crippen molar-refractivity contribution in [2.45, 2.75) is 0 Å². The molecule has 0 spiro atoms. The summed E-state index contributed by atoms with van der Waals surface area (Å²) < 4.78 is 0.908. The van der Waals surface area contributed by atoms with Crippen LogP contribution in [0.15, 0.2) is 29.8 Å². The molecular weight excluding hydrogens is 216 g/mol. The van der Waals surface area contributed by atoms with Gasteiger partial charge in [-0.2, -0.15) is 0 Å². The van der Waals surface area contributed by atoms with Crippen LogP contribution in [-0.4, -0.2) is 5.11 Å². The van der Waals surface area contributed by atoms with E-state index in [0.717, 1.165) is 10.0 Å². The molecule has 0 unspecified atom stereocenters. The van der Waals surface area contributed by atoms with Gasteiger partial charge in [0.05, 0.1) is 0 Å². The fraction of sp³-hybridized carbons (Fsp3) is 0. The minimum Gasteiger partial charge on any atom is -0.507 e. The standard InChI is InChI=1S/C10H9BrO/c1-3-7-8(4-2)10(12)6-5-9(7)11/h3-6,12H,1-2H2. The Kier molecular flexibility index (Phi) is 2.71. The predicted octanol–water partition coefficient (Wildman–Crippen LogP) is 3.44. The highest BCUT2D eigenvalue weighted by molar-refractivity contribution is 9.10. The van der Waals surface area contributed by atoms with Crippen LogP contribution >= 0.6 is 15.9 Å². The normalized spacial score (nSPS) is 9.42. The molecule has 0 aromatic heterocycles. The van der Waals surface area contributed by atoms with E-state index in [1.54, 1.807) is 24.3 Å². The Labute approximate surface area is 80.2 Å². The molecule has 0 aliphatic carbocycles. The lowest BCUT2D eigenvalue weighted by atomic mass is 10.1. The quantitative estimate of drug-likeness (QED) is 0.817. The molecule has 12 heavy (non-hydrogen) atoms. The molecule has 0 bridgehead atoms. The van der Waals surface area contributed by atoms with E-state index in [1.807, 2.05) is 0 Å². The van der Waals surface area contributed by atoms with E-state index >= 15 is 0 Å². The fourth-order valence-electron chi connectivity index (χ4n) is 1.02.